The highest BCUT2D eigenvalue weighted by molar-refractivity contribution is 14.1. The van der Waals surface area contributed by atoms with Gasteiger partial charge >= 0.3 is 10.2 Å². The van der Waals surface area contributed by atoms with E-state index in [2.05, 4.69) is 43.5 Å². The maximum Gasteiger partial charge on any atom is 0.307 e. The Balaban J connectivity index is 2.30. The molecule has 0 spiro atoms. The number of aromatic nitrogens is 1. The van der Waals surface area contributed by atoms with E-state index in [0.717, 1.165) is 3.57 Å². The summed E-state index contributed by atoms with van der Waals surface area (Å²) in [6, 6.07) is 3.33. The van der Waals surface area contributed by atoms with E-state index in [1.54, 1.807) is 12.1 Å². The molecule has 0 radical (unpaired) electrons. The number of rotatable bonds is 2. The van der Waals surface area contributed by atoms with Gasteiger partial charge in [0.1, 0.15) is 15.7 Å². The van der Waals surface area contributed by atoms with Crippen molar-refractivity contribution in [1.82, 2.24) is 4.98 Å². The topological polar surface area (TPSA) is 67.3 Å². The lowest BCUT2D eigenvalue weighted by Gasteiger charge is -2.15. The summed E-state index contributed by atoms with van der Waals surface area (Å²) >= 11 is 5.28. The van der Waals surface area contributed by atoms with Crippen LogP contribution in [0.1, 0.15) is 6.42 Å². The van der Waals surface area contributed by atoms with Gasteiger partial charge in [-0.25, -0.2) is 4.98 Å². The molecule has 1 atom stereocenters. The monoisotopic (exact) mass is 448 g/mol. The quantitative estimate of drug-likeness (QED) is 0.393. The molecule has 0 aromatic carbocycles. The van der Waals surface area contributed by atoms with E-state index >= 15 is 0 Å². The molecule has 1 amide bonds. The summed E-state index contributed by atoms with van der Waals surface area (Å²) in [5, 5.41) is -1.30. The zero-order chi connectivity index (χ0) is 13.5. The van der Waals surface area contributed by atoms with E-state index < -0.39 is 21.4 Å². The van der Waals surface area contributed by atoms with Crippen LogP contribution in [0.3, 0.4) is 0 Å². The Bertz CT molecular complexity index is 610. The Hall–Kier alpha value is -0.290. The van der Waals surface area contributed by atoms with Crippen molar-refractivity contribution in [2.24, 2.45) is 0 Å². The van der Waals surface area contributed by atoms with E-state index in [4.69, 9.17) is 0 Å². The van der Waals surface area contributed by atoms with Crippen LogP contribution >= 0.6 is 38.5 Å². The van der Waals surface area contributed by atoms with Gasteiger partial charge in [-0.3, -0.25) is 9.69 Å². The molecule has 2 heterocycles. The molecule has 0 N–H and O–H groups in total. The maximum absolute atomic E-state index is 12.9. The fourth-order valence-electron chi connectivity index (χ4n) is 1.64. The van der Waals surface area contributed by atoms with Gasteiger partial charge in [-0.15, -0.1) is 3.89 Å². The van der Waals surface area contributed by atoms with Crippen LogP contribution in [0.2, 0.25) is 0 Å². The van der Waals surface area contributed by atoms with E-state index in [-0.39, 0.29) is 13.0 Å². The van der Waals surface area contributed by atoms with E-state index in [1.165, 1.54) is 4.90 Å². The summed E-state index contributed by atoms with van der Waals surface area (Å²) in [7, 11) is -4.70. The maximum atomic E-state index is 12.9. The summed E-state index contributed by atoms with van der Waals surface area (Å²) in [5.41, 5.74) is 0. The van der Waals surface area contributed by atoms with Gasteiger partial charge in [0.2, 0.25) is 5.91 Å². The van der Waals surface area contributed by atoms with Crippen LogP contribution in [0.15, 0.2) is 16.7 Å². The number of carbonyl (C=O) groups excluding carboxylic acids is 1. The number of nitrogens with zero attached hydrogens (tertiary/aromatic N) is 2. The van der Waals surface area contributed by atoms with Crippen molar-refractivity contribution in [3.8, 4) is 0 Å². The minimum atomic E-state index is -4.70. The molecule has 0 saturated carbocycles. The molecule has 5 nitrogen and oxygen atoms in total. The average Bonchev–Trinajstić information content (AvgIpc) is 2.64. The van der Waals surface area contributed by atoms with Crippen molar-refractivity contribution < 1.29 is 17.1 Å². The van der Waals surface area contributed by atoms with Crippen molar-refractivity contribution >= 4 is 60.5 Å². The summed E-state index contributed by atoms with van der Waals surface area (Å²) in [6.45, 7) is -0.197. The Kier molecular flexibility index (Phi) is 3.93. The summed E-state index contributed by atoms with van der Waals surface area (Å²) in [6.07, 6.45) is -0.343. The highest BCUT2D eigenvalue weighted by atomic mass is 127. The van der Waals surface area contributed by atoms with Gasteiger partial charge in [0.25, 0.3) is 0 Å². The van der Waals surface area contributed by atoms with Gasteiger partial charge < -0.3 is 0 Å². The third-order valence-electron chi connectivity index (χ3n) is 2.55. The zero-order valence-corrected chi connectivity index (χ0v) is 13.4. The van der Waals surface area contributed by atoms with Crippen LogP contribution < -0.4 is 4.90 Å². The molecule has 2 rings (SSSR count). The number of carbonyl (C=O) groups is 1. The average molecular weight is 449 g/mol. The standard InChI is InChI=1S/C9H7BrFIN2O3S/c10-9-6(12)1-2-7(13-9)14-4-5(3-8(14)15)18(11,16)17/h1-2,5H,3-4H2. The van der Waals surface area contributed by atoms with Gasteiger partial charge in [-0.2, -0.15) is 8.42 Å². The molecule has 0 bridgehead atoms. The van der Waals surface area contributed by atoms with Gasteiger partial charge in [0.05, 0.1) is 0 Å². The zero-order valence-electron chi connectivity index (χ0n) is 8.81. The predicted octanol–water partition coefficient (Wildman–Crippen LogP) is 1.85. The first-order chi connectivity index (χ1) is 8.29. The van der Waals surface area contributed by atoms with Gasteiger partial charge in [-0.05, 0) is 50.7 Å². The lowest BCUT2D eigenvalue weighted by Crippen LogP contribution is -2.27. The number of amides is 1. The summed E-state index contributed by atoms with van der Waals surface area (Å²) < 4.78 is 35.9. The van der Waals surface area contributed by atoms with Gasteiger partial charge in [0, 0.05) is 16.5 Å². The number of hydrogen-bond acceptors (Lipinski definition) is 4. The molecular weight excluding hydrogens is 442 g/mol. The van der Waals surface area contributed by atoms with Crippen molar-refractivity contribution in [2.75, 3.05) is 11.4 Å². The Morgan fingerprint density at radius 3 is 2.67 bits per heavy atom. The number of hydrogen-bond donors (Lipinski definition) is 0. The Morgan fingerprint density at radius 2 is 2.17 bits per heavy atom. The van der Waals surface area contributed by atoms with Gasteiger partial charge in [-0.1, -0.05) is 0 Å². The SMILES string of the molecule is O=C1CC(S(=O)(=O)F)CN1c1ccc(I)c(Br)n1. The van der Waals surface area contributed by atoms with E-state index in [0.29, 0.717) is 10.4 Å². The van der Waals surface area contributed by atoms with Crippen LogP contribution in [0, 0.1) is 3.57 Å². The Labute approximate surface area is 125 Å². The van der Waals surface area contributed by atoms with Crippen molar-refractivity contribution in [3.63, 3.8) is 0 Å². The highest BCUT2D eigenvalue weighted by Crippen LogP contribution is 2.27. The third-order valence-corrected chi connectivity index (χ3v) is 5.88. The Morgan fingerprint density at radius 1 is 1.50 bits per heavy atom. The van der Waals surface area contributed by atoms with Gasteiger partial charge in [0.15, 0.2) is 0 Å². The molecule has 18 heavy (non-hydrogen) atoms. The van der Waals surface area contributed by atoms with Crippen molar-refractivity contribution in [1.29, 1.82) is 0 Å². The minimum Gasteiger partial charge on any atom is -0.295 e. The highest BCUT2D eigenvalue weighted by Gasteiger charge is 2.39. The number of anilines is 1. The molecule has 9 heteroatoms. The van der Waals surface area contributed by atoms with Crippen LogP contribution in [0.25, 0.3) is 0 Å². The first-order valence-corrected chi connectivity index (χ1v) is 8.17. The number of pyridine rings is 1. The van der Waals surface area contributed by atoms with Crippen LogP contribution in [-0.2, 0) is 15.0 Å². The van der Waals surface area contributed by atoms with Crippen molar-refractivity contribution in [3.05, 3.63) is 20.3 Å². The smallest absolute Gasteiger partial charge is 0.295 e. The second-order valence-corrected chi connectivity index (χ2v) is 7.28. The third kappa shape index (κ3) is 2.82. The normalized spacial score (nSPS) is 20.5. The molecule has 1 aliphatic heterocycles. The van der Waals surface area contributed by atoms with Crippen molar-refractivity contribution in [2.45, 2.75) is 11.7 Å². The summed E-state index contributed by atoms with van der Waals surface area (Å²) in [5.74, 6) is -0.125. The lowest BCUT2D eigenvalue weighted by molar-refractivity contribution is -0.117. The molecule has 1 aromatic rings. The van der Waals surface area contributed by atoms with Crippen LogP contribution in [-0.4, -0.2) is 31.1 Å². The molecular formula is C9H7BrFIN2O3S. The fraction of sp³-hybridized carbons (Fsp3) is 0.333. The molecule has 0 aliphatic carbocycles. The largest absolute Gasteiger partial charge is 0.307 e. The van der Waals surface area contributed by atoms with E-state index in [1.807, 2.05) is 0 Å². The lowest BCUT2D eigenvalue weighted by atomic mass is 10.4. The number of halogens is 3. The second-order valence-electron chi connectivity index (χ2n) is 3.75. The first kappa shape index (κ1) is 14.1. The van der Waals surface area contributed by atoms with E-state index in [9.17, 15) is 17.1 Å². The fourth-order valence-corrected chi connectivity index (χ4v) is 2.93. The second kappa shape index (κ2) is 5.00. The molecule has 98 valence electrons. The van der Waals surface area contributed by atoms with Crippen LogP contribution in [0.5, 0.6) is 0 Å². The first-order valence-electron chi connectivity index (χ1n) is 4.85. The molecule has 1 unspecified atom stereocenters. The molecule has 1 aliphatic rings. The molecule has 1 fully saturated rings. The molecule has 1 saturated heterocycles. The minimum absolute atomic E-state index is 0.197. The molecule has 1 aromatic heterocycles. The summed E-state index contributed by atoms with van der Waals surface area (Å²) in [4.78, 5) is 17.0. The van der Waals surface area contributed by atoms with Crippen LogP contribution in [0.4, 0.5) is 9.70 Å². The predicted molar refractivity (Wildman–Crippen MR) is 75.4 cm³/mol.